The number of hydrogen-bond donors (Lipinski definition) is 3. The number of nitrogens with zero attached hydrogens (tertiary/aromatic N) is 5. The first-order chi connectivity index (χ1) is 13.6. The molecule has 0 spiro atoms. The number of amides is 1. The minimum absolute atomic E-state index is 0.0452. The van der Waals surface area contributed by atoms with E-state index in [1.807, 2.05) is 20.8 Å². The average molecular weight is 397 g/mol. The lowest BCUT2D eigenvalue weighted by Crippen LogP contribution is -2.35. The highest BCUT2D eigenvalue weighted by atomic mass is 16.3. The Balaban J connectivity index is 1.95. The van der Waals surface area contributed by atoms with Crippen LogP contribution < -0.4 is 16.6 Å². The molecular formula is C19H23N7O3. The third-order valence-corrected chi connectivity index (χ3v) is 4.54. The number of nitrogens with two attached hydrogens (primary N) is 1. The van der Waals surface area contributed by atoms with Gasteiger partial charge in [-0.15, -0.1) is 0 Å². The Morgan fingerprint density at radius 2 is 2.03 bits per heavy atom. The molecule has 3 aromatic rings. The molecule has 1 aliphatic rings. The number of nitrogen functional groups attached to an aromatic ring is 1. The Labute approximate surface area is 166 Å². The number of carbonyl (C=O) groups is 1. The minimum atomic E-state index is -0.691. The number of aromatic nitrogens is 5. The molecule has 1 amide bonds. The van der Waals surface area contributed by atoms with E-state index in [1.165, 1.54) is 17.0 Å². The molecule has 3 aromatic heterocycles. The molecular weight excluding hydrogens is 374 g/mol. The molecule has 10 heteroatoms. The molecule has 1 aliphatic carbocycles. The number of aromatic hydroxyl groups is 1. The molecule has 0 saturated heterocycles. The normalized spacial score (nSPS) is 14.3. The van der Waals surface area contributed by atoms with Crippen molar-refractivity contribution in [2.75, 3.05) is 5.73 Å². The van der Waals surface area contributed by atoms with E-state index < -0.39 is 11.5 Å². The lowest BCUT2D eigenvalue weighted by Gasteiger charge is -2.23. The Morgan fingerprint density at radius 1 is 1.31 bits per heavy atom. The Morgan fingerprint density at radius 3 is 2.66 bits per heavy atom. The number of fused-ring (bicyclic) bond motifs is 1. The van der Waals surface area contributed by atoms with E-state index in [9.17, 15) is 14.7 Å². The molecule has 1 fully saturated rings. The first-order valence-corrected chi connectivity index (χ1v) is 9.38. The summed E-state index contributed by atoms with van der Waals surface area (Å²) in [4.78, 5) is 33.9. The van der Waals surface area contributed by atoms with E-state index in [-0.39, 0.29) is 28.7 Å². The first-order valence-electron chi connectivity index (χ1n) is 9.38. The van der Waals surface area contributed by atoms with E-state index in [0.717, 1.165) is 17.4 Å². The third-order valence-electron chi connectivity index (χ3n) is 4.54. The first kappa shape index (κ1) is 18.9. The zero-order valence-electron chi connectivity index (χ0n) is 16.5. The summed E-state index contributed by atoms with van der Waals surface area (Å²) in [5.74, 6) is -0.752. The second kappa shape index (κ2) is 6.57. The fourth-order valence-corrected chi connectivity index (χ4v) is 3.10. The van der Waals surface area contributed by atoms with Gasteiger partial charge in [0.05, 0.1) is 12.4 Å². The van der Waals surface area contributed by atoms with Gasteiger partial charge in [0.2, 0.25) is 5.88 Å². The van der Waals surface area contributed by atoms with Crippen molar-refractivity contribution < 1.29 is 9.90 Å². The molecule has 0 atom stereocenters. The molecule has 0 radical (unpaired) electrons. The van der Waals surface area contributed by atoms with Crippen molar-refractivity contribution in [3.05, 3.63) is 34.4 Å². The summed E-state index contributed by atoms with van der Waals surface area (Å²) < 4.78 is 2.65. The van der Waals surface area contributed by atoms with Crippen molar-refractivity contribution in [1.82, 2.24) is 29.5 Å². The smallest absolute Gasteiger partial charge is 0.291 e. The number of rotatable bonds is 4. The van der Waals surface area contributed by atoms with Gasteiger partial charge in [-0.2, -0.15) is 9.61 Å². The molecule has 4 rings (SSSR count). The van der Waals surface area contributed by atoms with E-state index in [1.54, 1.807) is 6.07 Å². The second-order valence-electron chi connectivity index (χ2n) is 8.53. The maximum absolute atomic E-state index is 13.0. The van der Waals surface area contributed by atoms with Crippen molar-refractivity contribution in [2.45, 2.75) is 46.2 Å². The van der Waals surface area contributed by atoms with Gasteiger partial charge in [-0.3, -0.25) is 19.1 Å². The quantitative estimate of drug-likeness (QED) is 0.600. The summed E-state index contributed by atoms with van der Waals surface area (Å²) in [5.41, 5.74) is 5.56. The zero-order chi connectivity index (χ0) is 20.9. The van der Waals surface area contributed by atoms with E-state index >= 15 is 0 Å². The lowest BCUT2D eigenvalue weighted by atomic mass is 9.96. The van der Waals surface area contributed by atoms with Crippen LogP contribution in [0.4, 0.5) is 5.82 Å². The van der Waals surface area contributed by atoms with Gasteiger partial charge < -0.3 is 16.2 Å². The molecule has 10 nitrogen and oxygen atoms in total. The predicted molar refractivity (Wildman–Crippen MR) is 106 cm³/mol. The summed E-state index contributed by atoms with van der Waals surface area (Å²) in [7, 11) is 0. The number of carbonyl (C=O) groups excluding carboxylic acids is 1. The van der Waals surface area contributed by atoms with Crippen molar-refractivity contribution in [2.24, 2.45) is 5.41 Å². The fourth-order valence-electron chi connectivity index (χ4n) is 3.10. The maximum Gasteiger partial charge on any atom is 0.291 e. The van der Waals surface area contributed by atoms with Crippen molar-refractivity contribution >= 4 is 17.4 Å². The van der Waals surface area contributed by atoms with Crippen LogP contribution in [0.25, 0.3) is 17.0 Å². The van der Waals surface area contributed by atoms with Gasteiger partial charge >= 0.3 is 0 Å². The summed E-state index contributed by atoms with van der Waals surface area (Å²) in [5, 5.41) is 18.0. The van der Waals surface area contributed by atoms with E-state index in [2.05, 4.69) is 20.4 Å². The highest BCUT2D eigenvalue weighted by Crippen LogP contribution is 2.27. The number of anilines is 1. The molecule has 0 aromatic carbocycles. The van der Waals surface area contributed by atoms with Crippen LogP contribution in [0.5, 0.6) is 5.88 Å². The largest absolute Gasteiger partial charge is 0.494 e. The SMILES string of the molecule is CC(C)(C)Cn1c(O)c(C(=O)NC2CC2)c(=O)n2nc(-c3cncc(N)n3)cc12. The fraction of sp³-hybridized carbons (Fsp3) is 0.421. The van der Waals surface area contributed by atoms with Crippen molar-refractivity contribution in [3.8, 4) is 17.3 Å². The highest BCUT2D eigenvalue weighted by Gasteiger charge is 2.30. The summed E-state index contributed by atoms with van der Waals surface area (Å²) in [6.07, 6.45) is 4.62. The molecule has 0 aliphatic heterocycles. The Bertz CT molecular complexity index is 1170. The van der Waals surface area contributed by atoms with Gasteiger partial charge in [0.1, 0.15) is 22.9 Å². The van der Waals surface area contributed by atoms with E-state index in [0.29, 0.717) is 23.6 Å². The monoisotopic (exact) mass is 397 g/mol. The molecule has 0 bridgehead atoms. The summed E-state index contributed by atoms with van der Waals surface area (Å²) in [6, 6.07) is 1.67. The highest BCUT2D eigenvalue weighted by molar-refractivity contribution is 5.96. The summed E-state index contributed by atoms with van der Waals surface area (Å²) in [6.45, 7) is 6.34. The third kappa shape index (κ3) is 3.65. The van der Waals surface area contributed by atoms with Crippen molar-refractivity contribution in [3.63, 3.8) is 0 Å². The van der Waals surface area contributed by atoms with Crippen molar-refractivity contribution in [1.29, 1.82) is 0 Å². The van der Waals surface area contributed by atoms with Crippen LogP contribution in [-0.4, -0.2) is 41.2 Å². The van der Waals surface area contributed by atoms with Gasteiger partial charge in [0.15, 0.2) is 5.56 Å². The van der Waals surface area contributed by atoms with Gasteiger partial charge in [0, 0.05) is 18.7 Å². The van der Waals surface area contributed by atoms with Crippen LogP contribution >= 0.6 is 0 Å². The van der Waals surface area contributed by atoms with Gasteiger partial charge in [-0.1, -0.05) is 20.8 Å². The molecule has 0 unspecified atom stereocenters. The standard InChI is InChI=1S/C19H23N7O3/c1-19(2,3)9-25-14-6-11(12-7-21-8-13(20)23-12)24-26(14)18(29)15(17(25)28)16(27)22-10-4-5-10/h6-8,10,28H,4-5,9H2,1-3H3,(H2,20,23)(H,22,27). The summed E-state index contributed by atoms with van der Waals surface area (Å²) >= 11 is 0. The van der Waals surface area contributed by atoms with Crippen LogP contribution in [0.2, 0.25) is 0 Å². The molecule has 152 valence electrons. The molecule has 3 heterocycles. The van der Waals surface area contributed by atoms with Crippen LogP contribution in [0.15, 0.2) is 23.3 Å². The maximum atomic E-state index is 13.0. The van der Waals surface area contributed by atoms with E-state index in [4.69, 9.17) is 5.73 Å². The Hall–Kier alpha value is -3.43. The topological polar surface area (TPSA) is 140 Å². The molecule has 1 saturated carbocycles. The van der Waals surface area contributed by atoms with Crippen LogP contribution in [-0.2, 0) is 6.54 Å². The zero-order valence-corrected chi connectivity index (χ0v) is 16.5. The lowest BCUT2D eigenvalue weighted by molar-refractivity contribution is 0.0944. The van der Waals surface area contributed by atoms with Crippen LogP contribution in [0.3, 0.4) is 0 Å². The van der Waals surface area contributed by atoms with Crippen LogP contribution in [0, 0.1) is 5.41 Å². The predicted octanol–water partition coefficient (Wildman–Crippen LogP) is 1.18. The number of nitrogens with one attached hydrogen (secondary N) is 1. The van der Waals surface area contributed by atoms with Gasteiger partial charge in [0.25, 0.3) is 11.5 Å². The number of hydrogen-bond acceptors (Lipinski definition) is 7. The average Bonchev–Trinajstić information content (AvgIpc) is 3.31. The second-order valence-corrected chi connectivity index (χ2v) is 8.53. The van der Waals surface area contributed by atoms with Gasteiger partial charge in [-0.25, -0.2) is 4.98 Å². The molecule has 29 heavy (non-hydrogen) atoms. The van der Waals surface area contributed by atoms with Gasteiger partial charge in [-0.05, 0) is 18.3 Å². The molecule has 4 N–H and O–H groups in total. The minimum Gasteiger partial charge on any atom is -0.494 e. The Kier molecular flexibility index (Phi) is 4.29. The van der Waals surface area contributed by atoms with Crippen LogP contribution in [0.1, 0.15) is 44.0 Å².